The van der Waals surface area contributed by atoms with Crippen LogP contribution in [0.25, 0.3) is 0 Å². The predicted molar refractivity (Wildman–Crippen MR) is 83.4 cm³/mol. The number of amides is 1. The van der Waals surface area contributed by atoms with Crippen molar-refractivity contribution < 1.29 is 14.3 Å². The minimum atomic E-state index is -0.242. The summed E-state index contributed by atoms with van der Waals surface area (Å²) in [6.45, 7) is 3.94. The summed E-state index contributed by atoms with van der Waals surface area (Å²) in [4.78, 5) is 25.0. The quantitative estimate of drug-likeness (QED) is 0.750. The van der Waals surface area contributed by atoms with E-state index in [1.807, 2.05) is 24.0 Å². The van der Waals surface area contributed by atoms with Crippen molar-refractivity contribution in [2.45, 2.75) is 19.8 Å². The Bertz CT molecular complexity index is 480. The minimum Gasteiger partial charge on any atom is -0.469 e. The molecule has 0 aliphatic heterocycles. The lowest BCUT2D eigenvalue weighted by atomic mass is 10.3. The monoisotopic (exact) mass is 312 g/mol. The summed E-state index contributed by atoms with van der Waals surface area (Å²) in [6.07, 6.45) is 0.677. The average Bonchev–Trinajstić information content (AvgIpc) is 2.49. The maximum atomic E-state index is 11.9. The third-order valence-corrected chi connectivity index (χ3v) is 3.44. The Morgan fingerprint density at radius 3 is 2.52 bits per heavy atom. The second-order valence-corrected chi connectivity index (χ2v) is 4.95. The van der Waals surface area contributed by atoms with Gasteiger partial charge in [0.2, 0.25) is 5.91 Å². The van der Waals surface area contributed by atoms with E-state index in [9.17, 15) is 9.59 Å². The van der Waals surface area contributed by atoms with Crippen LogP contribution in [0.1, 0.15) is 19.8 Å². The topological polar surface area (TPSA) is 58.6 Å². The normalized spacial score (nSPS) is 10.5. The third kappa shape index (κ3) is 6.60. The Morgan fingerprint density at radius 2 is 1.90 bits per heavy atom. The van der Waals surface area contributed by atoms with Crippen LogP contribution >= 0.6 is 11.6 Å². The number of hydrogen-bond donors (Lipinski definition) is 1. The lowest BCUT2D eigenvalue weighted by Gasteiger charge is -2.19. The molecular weight excluding hydrogens is 292 g/mol. The Morgan fingerprint density at radius 1 is 1.24 bits per heavy atom. The van der Waals surface area contributed by atoms with Crippen LogP contribution in [-0.2, 0) is 14.3 Å². The fraction of sp³-hybridized carbons (Fsp3) is 0.467. The molecule has 0 unspecified atom stereocenters. The van der Waals surface area contributed by atoms with Crippen molar-refractivity contribution in [1.29, 1.82) is 0 Å². The zero-order valence-electron chi connectivity index (χ0n) is 12.4. The van der Waals surface area contributed by atoms with E-state index in [1.54, 1.807) is 12.1 Å². The average molecular weight is 313 g/mol. The highest BCUT2D eigenvalue weighted by molar-refractivity contribution is 6.33. The molecule has 21 heavy (non-hydrogen) atoms. The van der Waals surface area contributed by atoms with E-state index in [0.29, 0.717) is 36.6 Å². The van der Waals surface area contributed by atoms with Crippen molar-refractivity contribution in [2.24, 2.45) is 0 Å². The van der Waals surface area contributed by atoms with Crippen LogP contribution in [0.5, 0.6) is 0 Å². The first kappa shape index (κ1) is 17.5. The van der Waals surface area contributed by atoms with Gasteiger partial charge in [0.1, 0.15) is 0 Å². The van der Waals surface area contributed by atoms with Crippen LogP contribution < -0.4 is 5.32 Å². The van der Waals surface area contributed by atoms with Gasteiger partial charge in [-0.05, 0) is 18.7 Å². The summed E-state index contributed by atoms with van der Waals surface area (Å²) in [5.74, 6) is -0.339. The van der Waals surface area contributed by atoms with Gasteiger partial charge in [-0.15, -0.1) is 0 Å². The van der Waals surface area contributed by atoms with Gasteiger partial charge in [-0.1, -0.05) is 30.7 Å². The number of nitrogens with zero attached hydrogens (tertiary/aromatic N) is 1. The highest BCUT2D eigenvalue weighted by Gasteiger charge is 2.10. The van der Waals surface area contributed by atoms with E-state index >= 15 is 0 Å². The van der Waals surface area contributed by atoms with Gasteiger partial charge in [-0.25, -0.2) is 0 Å². The number of ether oxygens (including phenoxy) is 1. The van der Waals surface area contributed by atoms with E-state index in [0.717, 1.165) is 6.54 Å². The SMILES string of the molecule is CCN(CCC(=O)Nc1ccccc1Cl)CCC(=O)OC. The third-order valence-electron chi connectivity index (χ3n) is 3.11. The Labute approximate surface area is 130 Å². The first-order chi connectivity index (χ1) is 10.1. The van der Waals surface area contributed by atoms with Gasteiger partial charge in [-0.3, -0.25) is 9.59 Å². The molecule has 1 amide bonds. The molecule has 0 fully saturated rings. The van der Waals surface area contributed by atoms with Gasteiger partial charge in [0.25, 0.3) is 0 Å². The Kier molecular flexibility index (Phi) is 7.79. The number of nitrogens with one attached hydrogen (secondary N) is 1. The van der Waals surface area contributed by atoms with Gasteiger partial charge >= 0.3 is 5.97 Å². The molecule has 0 aromatic heterocycles. The molecule has 0 bridgehead atoms. The highest BCUT2D eigenvalue weighted by atomic mass is 35.5. The molecule has 0 radical (unpaired) electrons. The molecule has 6 heteroatoms. The number of benzene rings is 1. The number of carbonyl (C=O) groups is 2. The van der Waals surface area contributed by atoms with Gasteiger partial charge in [-0.2, -0.15) is 0 Å². The number of carbonyl (C=O) groups excluding carboxylic acids is 2. The van der Waals surface area contributed by atoms with Crippen molar-refractivity contribution in [2.75, 3.05) is 32.1 Å². The maximum absolute atomic E-state index is 11.9. The van der Waals surface area contributed by atoms with E-state index in [4.69, 9.17) is 11.6 Å². The number of halogens is 1. The molecule has 5 nitrogen and oxygen atoms in total. The molecule has 0 atom stereocenters. The van der Waals surface area contributed by atoms with Crippen LogP contribution in [0.4, 0.5) is 5.69 Å². The Balaban J connectivity index is 2.37. The summed E-state index contributed by atoms with van der Waals surface area (Å²) in [7, 11) is 1.37. The summed E-state index contributed by atoms with van der Waals surface area (Å²) in [5, 5.41) is 3.29. The van der Waals surface area contributed by atoms with E-state index in [1.165, 1.54) is 7.11 Å². The first-order valence-electron chi connectivity index (χ1n) is 6.90. The first-order valence-corrected chi connectivity index (χ1v) is 7.28. The van der Waals surface area contributed by atoms with Crippen LogP contribution in [0.3, 0.4) is 0 Å². The number of methoxy groups -OCH3 is 1. The van der Waals surface area contributed by atoms with E-state index in [-0.39, 0.29) is 11.9 Å². The fourth-order valence-electron chi connectivity index (χ4n) is 1.81. The minimum absolute atomic E-state index is 0.0976. The maximum Gasteiger partial charge on any atom is 0.306 e. The van der Waals surface area contributed by atoms with E-state index < -0.39 is 0 Å². The molecule has 1 aromatic carbocycles. The fourth-order valence-corrected chi connectivity index (χ4v) is 2.00. The molecule has 0 heterocycles. The number of hydrogen-bond acceptors (Lipinski definition) is 4. The van der Waals surface area contributed by atoms with Gasteiger partial charge in [0.05, 0.1) is 24.2 Å². The highest BCUT2D eigenvalue weighted by Crippen LogP contribution is 2.20. The molecule has 0 saturated carbocycles. The lowest BCUT2D eigenvalue weighted by molar-refractivity contribution is -0.140. The molecular formula is C15H21ClN2O3. The number of para-hydroxylation sites is 1. The molecule has 0 aliphatic rings. The standard InChI is InChI=1S/C15H21ClN2O3/c1-3-18(11-9-15(20)21-2)10-8-14(19)17-13-7-5-4-6-12(13)16/h4-7H,3,8-11H2,1-2H3,(H,17,19). The summed E-state index contributed by atoms with van der Waals surface area (Å²) in [5.41, 5.74) is 0.613. The summed E-state index contributed by atoms with van der Waals surface area (Å²) in [6, 6.07) is 7.11. The van der Waals surface area contributed by atoms with Crippen LogP contribution in [0.2, 0.25) is 5.02 Å². The largest absolute Gasteiger partial charge is 0.469 e. The van der Waals surface area contributed by atoms with E-state index in [2.05, 4.69) is 10.1 Å². The van der Waals surface area contributed by atoms with Crippen molar-refractivity contribution in [3.05, 3.63) is 29.3 Å². The molecule has 0 aliphatic carbocycles. The molecule has 1 rings (SSSR count). The zero-order valence-corrected chi connectivity index (χ0v) is 13.2. The van der Waals surface area contributed by atoms with Crippen molar-refractivity contribution in [1.82, 2.24) is 4.90 Å². The predicted octanol–water partition coefficient (Wildman–Crippen LogP) is 2.55. The molecule has 1 aromatic rings. The number of anilines is 1. The van der Waals surface area contributed by atoms with Gasteiger partial charge < -0.3 is 15.0 Å². The smallest absolute Gasteiger partial charge is 0.306 e. The zero-order chi connectivity index (χ0) is 15.7. The number of rotatable bonds is 8. The van der Waals surface area contributed by atoms with Gasteiger partial charge in [0, 0.05) is 19.5 Å². The second kappa shape index (κ2) is 9.37. The Hall–Kier alpha value is -1.59. The molecule has 116 valence electrons. The molecule has 0 spiro atoms. The van der Waals surface area contributed by atoms with Crippen LogP contribution in [0, 0.1) is 0 Å². The van der Waals surface area contributed by atoms with Crippen LogP contribution in [0.15, 0.2) is 24.3 Å². The van der Waals surface area contributed by atoms with Crippen LogP contribution in [-0.4, -0.2) is 43.5 Å². The number of esters is 1. The van der Waals surface area contributed by atoms with Crippen molar-refractivity contribution in [3.8, 4) is 0 Å². The van der Waals surface area contributed by atoms with Crippen molar-refractivity contribution >= 4 is 29.2 Å². The van der Waals surface area contributed by atoms with Gasteiger partial charge in [0.15, 0.2) is 0 Å². The summed E-state index contributed by atoms with van der Waals surface area (Å²) >= 11 is 5.98. The summed E-state index contributed by atoms with van der Waals surface area (Å²) < 4.78 is 4.60. The second-order valence-electron chi connectivity index (χ2n) is 4.54. The molecule has 0 saturated heterocycles. The molecule has 1 N–H and O–H groups in total. The lowest BCUT2D eigenvalue weighted by Crippen LogP contribution is -2.30. The van der Waals surface area contributed by atoms with Crippen molar-refractivity contribution in [3.63, 3.8) is 0 Å².